The van der Waals surface area contributed by atoms with Gasteiger partial charge in [-0.1, -0.05) is 6.07 Å². The van der Waals surface area contributed by atoms with Crippen LogP contribution in [0.3, 0.4) is 0 Å². The molecule has 0 bridgehead atoms. The molecule has 4 nitrogen and oxygen atoms in total. The first-order valence-electron chi connectivity index (χ1n) is 6.21. The lowest BCUT2D eigenvalue weighted by Crippen LogP contribution is -2.23. The van der Waals surface area contributed by atoms with E-state index in [4.69, 9.17) is 5.73 Å². The zero-order valence-electron chi connectivity index (χ0n) is 11.7. The Bertz CT molecular complexity index is 714. The summed E-state index contributed by atoms with van der Waals surface area (Å²) >= 11 is 1.60. The second-order valence-corrected chi connectivity index (χ2v) is 7.90. The second-order valence-electron chi connectivity index (χ2n) is 4.79. The molecule has 2 rings (SSSR count). The molecule has 0 amide bonds. The number of nitrogens with one attached hydrogen (secondary N) is 1. The quantitative estimate of drug-likeness (QED) is 0.853. The number of thiophene rings is 1. The Kier molecular flexibility index (Phi) is 4.17. The number of sulfonamides is 1. The number of hydrogen-bond acceptors (Lipinski definition) is 4. The summed E-state index contributed by atoms with van der Waals surface area (Å²) in [5.41, 5.74) is 8.29. The highest BCUT2D eigenvalue weighted by Crippen LogP contribution is 2.21. The van der Waals surface area contributed by atoms with Gasteiger partial charge in [-0.25, -0.2) is 13.1 Å². The van der Waals surface area contributed by atoms with Crippen molar-refractivity contribution in [2.75, 3.05) is 5.73 Å². The average molecular weight is 310 g/mol. The summed E-state index contributed by atoms with van der Waals surface area (Å²) in [6, 6.07) is 6.77. The number of nitrogens with two attached hydrogens (primary N) is 1. The minimum Gasteiger partial charge on any atom is -0.398 e. The lowest BCUT2D eigenvalue weighted by molar-refractivity contribution is 0.582. The molecule has 108 valence electrons. The van der Waals surface area contributed by atoms with Gasteiger partial charge in [-0.3, -0.25) is 0 Å². The molecule has 2 aromatic rings. The minimum absolute atomic E-state index is 0.200. The molecule has 0 unspecified atom stereocenters. The average Bonchev–Trinajstić information content (AvgIpc) is 2.70. The van der Waals surface area contributed by atoms with E-state index in [1.807, 2.05) is 26.8 Å². The number of aryl methyl sites for hydroxylation is 3. The van der Waals surface area contributed by atoms with Crippen molar-refractivity contribution in [3.05, 3.63) is 45.1 Å². The summed E-state index contributed by atoms with van der Waals surface area (Å²) in [4.78, 5) is 2.41. The molecule has 0 radical (unpaired) electrons. The molecule has 0 saturated carbocycles. The van der Waals surface area contributed by atoms with Crippen LogP contribution in [0, 0.1) is 20.8 Å². The highest BCUT2D eigenvalue weighted by atomic mass is 32.2. The maximum absolute atomic E-state index is 12.2. The SMILES string of the molecule is Cc1ccc(S(=O)(=O)NCc2cc(C)c(C)s2)cc1N. The summed E-state index contributed by atoms with van der Waals surface area (Å²) in [6.07, 6.45) is 0. The van der Waals surface area contributed by atoms with Crippen molar-refractivity contribution in [1.82, 2.24) is 4.72 Å². The molecule has 0 aliphatic heterocycles. The van der Waals surface area contributed by atoms with Crippen LogP contribution in [0.15, 0.2) is 29.2 Å². The Morgan fingerprint density at radius 1 is 1.15 bits per heavy atom. The number of hydrogen-bond donors (Lipinski definition) is 2. The van der Waals surface area contributed by atoms with Crippen molar-refractivity contribution in [2.24, 2.45) is 0 Å². The number of nitrogen functional groups attached to an aromatic ring is 1. The van der Waals surface area contributed by atoms with E-state index in [2.05, 4.69) is 4.72 Å². The fourth-order valence-corrected chi connectivity index (χ4v) is 3.90. The molecular weight excluding hydrogens is 292 g/mol. The summed E-state index contributed by atoms with van der Waals surface area (Å²) in [7, 11) is -3.52. The third kappa shape index (κ3) is 3.20. The first kappa shape index (κ1) is 15.0. The standard InChI is InChI=1S/C14H18N2O2S2/c1-9-4-5-13(7-14(9)15)20(17,18)16-8-12-6-10(2)11(3)19-12/h4-7,16H,8,15H2,1-3H3. The summed E-state index contributed by atoms with van der Waals surface area (Å²) in [6.45, 7) is 6.19. The van der Waals surface area contributed by atoms with Gasteiger partial charge < -0.3 is 5.73 Å². The highest BCUT2D eigenvalue weighted by Gasteiger charge is 2.15. The Morgan fingerprint density at radius 2 is 1.85 bits per heavy atom. The molecule has 0 aliphatic rings. The Hall–Kier alpha value is -1.37. The van der Waals surface area contributed by atoms with Crippen LogP contribution in [-0.4, -0.2) is 8.42 Å². The van der Waals surface area contributed by atoms with Gasteiger partial charge in [-0.2, -0.15) is 0 Å². The first-order valence-corrected chi connectivity index (χ1v) is 8.51. The Labute approximate surface area is 123 Å². The summed E-state index contributed by atoms with van der Waals surface area (Å²) in [5.74, 6) is 0. The molecule has 20 heavy (non-hydrogen) atoms. The monoisotopic (exact) mass is 310 g/mol. The van der Waals surface area contributed by atoms with Crippen LogP contribution in [-0.2, 0) is 16.6 Å². The third-order valence-corrected chi connectivity index (χ3v) is 5.77. The Morgan fingerprint density at radius 3 is 2.40 bits per heavy atom. The van der Waals surface area contributed by atoms with Gasteiger partial charge in [-0.15, -0.1) is 11.3 Å². The largest absolute Gasteiger partial charge is 0.398 e. The van der Waals surface area contributed by atoms with E-state index in [0.29, 0.717) is 12.2 Å². The maximum Gasteiger partial charge on any atom is 0.240 e. The lowest BCUT2D eigenvalue weighted by Gasteiger charge is -2.07. The topological polar surface area (TPSA) is 72.2 Å². The van der Waals surface area contributed by atoms with Crippen molar-refractivity contribution in [3.8, 4) is 0 Å². The molecule has 0 atom stereocenters. The predicted molar refractivity (Wildman–Crippen MR) is 83.4 cm³/mol. The molecular formula is C14H18N2O2S2. The van der Waals surface area contributed by atoms with Gasteiger partial charge in [0.25, 0.3) is 0 Å². The number of benzene rings is 1. The van der Waals surface area contributed by atoms with Crippen molar-refractivity contribution >= 4 is 27.0 Å². The molecule has 1 aromatic heterocycles. The van der Waals surface area contributed by atoms with Crippen LogP contribution in [0.2, 0.25) is 0 Å². The molecule has 0 fully saturated rings. The normalized spacial score (nSPS) is 11.8. The van der Waals surface area contributed by atoms with E-state index < -0.39 is 10.0 Å². The summed E-state index contributed by atoms with van der Waals surface area (Å²) in [5, 5.41) is 0. The van der Waals surface area contributed by atoms with Gasteiger partial charge in [0.2, 0.25) is 10.0 Å². The zero-order chi connectivity index (χ0) is 14.9. The van der Waals surface area contributed by atoms with Crippen molar-refractivity contribution in [1.29, 1.82) is 0 Å². The van der Waals surface area contributed by atoms with Crippen LogP contribution >= 0.6 is 11.3 Å². The van der Waals surface area contributed by atoms with Crippen LogP contribution in [0.5, 0.6) is 0 Å². The molecule has 6 heteroatoms. The van der Waals surface area contributed by atoms with Crippen LogP contribution in [0.1, 0.15) is 20.9 Å². The second kappa shape index (κ2) is 5.55. The predicted octanol–water partition coefficient (Wildman–Crippen LogP) is 2.73. The Balaban J connectivity index is 2.16. The molecule has 1 heterocycles. The zero-order valence-corrected chi connectivity index (χ0v) is 13.4. The highest BCUT2D eigenvalue weighted by molar-refractivity contribution is 7.89. The van der Waals surface area contributed by atoms with Crippen LogP contribution in [0.4, 0.5) is 5.69 Å². The van der Waals surface area contributed by atoms with Gasteiger partial charge in [-0.05, 0) is 50.1 Å². The third-order valence-electron chi connectivity index (χ3n) is 3.21. The van der Waals surface area contributed by atoms with E-state index in [1.54, 1.807) is 23.5 Å². The van der Waals surface area contributed by atoms with E-state index in [0.717, 1.165) is 10.4 Å². The first-order chi connectivity index (χ1) is 9.29. The van der Waals surface area contributed by atoms with Gasteiger partial charge in [0.15, 0.2) is 0 Å². The maximum atomic E-state index is 12.2. The fraction of sp³-hybridized carbons (Fsp3) is 0.286. The molecule has 0 saturated heterocycles. The van der Waals surface area contributed by atoms with E-state index in [-0.39, 0.29) is 4.90 Å². The van der Waals surface area contributed by atoms with E-state index >= 15 is 0 Å². The molecule has 1 aromatic carbocycles. The van der Waals surface area contributed by atoms with E-state index in [1.165, 1.54) is 16.5 Å². The smallest absolute Gasteiger partial charge is 0.240 e. The fourth-order valence-electron chi connectivity index (χ4n) is 1.77. The van der Waals surface area contributed by atoms with Crippen molar-refractivity contribution < 1.29 is 8.42 Å². The molecule has 0 aliphatic carbocycles. The van der Waals surface area contributed by atoms with Gasteiger partial charge in [0, 0.05) is 22.0 Å². The van der Waals surface area contributed by atoms with Gasteiger partial charge >= 0.3 is 0 Å². The van der Waals surface area contributed by atoms with Crippen LogP contribution in [0.25, 0.3) is 0 Å². The van der Waals surface area contributed by atoms with Gasteiger partial charge in [0.1, 0.15) is 0 Å². The molecule has 0 spiro atoms. The van der Waals surface area contributed by atoms with E-state index in [9.17, 15) is 8.42 Å². The van der Waals surface area contributed by atoms with Crippen molar-refractivity contribution in [3.63, 3.8) is 0 Å². The van der Waals surface area contributed by atoms with Gasteiger partial charge in [0.05, 0.1) is 4.90 Å². The van der Waals surface area contributed by atoms with Crippen molar-refractivity contribution in [2.45, 2.75) is 32.2 Å². The number of anilines is 1. The summed E-state index contributed by atoms with van der Waals surface area (Å²) < 4.78 is 27.0. The minimum atomic E-state index is -3.52. The molecule has 3 N–H and O–H groups in total. The number of rotatable bonds is 4. The van der Waals surface area contributed by atoms with Crippen LogP contribution < -0.4 is 10.5 Å². The lowest BCUT2D eigenvalue weighted by atomic mass is 10.2.